The summed E-state index contributed by atoms with van der Waals surface area (Å²) in [4.78, 5) is 18.1. The molecule has 224 valence electrons. The molecule has 0 spiro atoms. The molecule has 1 heterocycles. The summed E-state index contributed by atoms with van der Waals surface area (Å²) >= 11 is 12.3. The quantitative estimate of drug-likeness (QED) is 0.291. The molecule has 10 heteroatoms. The standard InChI is InChI=1S/C32H37Cl2N3O4S/c1-35(21-22-9-5-4-6-10-22)42(39,40)30-20-25-24(19-29(30)41-3)12-14-28(37-15-7-8-16-37)32(25)36(2)31(38)18-23-11-13-26(33)27(34)17-23/h4-6,9-11,13,17,19-20,28,32H,7-8,12,14-16,18,21H2,1-3H3/t28-,32-/m1/s1. The molecule has 7 nitrogen and oxygen atoms in total. The van der Waals surface area contributed by atoms with E-state index in [1.807, 2.05) is 49.5 Å². The van der Waals surface area contributed by atoms with Crippen LogP contribution in [0.5, 0.6) is 5.75 Å². The van der Waals surface area contributed by atoms with Gasteiger partial charge in [-0.1, -0.05) is 59.6 Å². The van der Waals surface area contributed by atoms with Crippen molar-refractivity contribution in [3.8, 4) is 5.75 Å². The van der Waals surface area contributed by atoms with Crippen molar-refractivity contribution in [2.45, 2.75) is 55.6 Å². The fraction of sp³-hybridized carbons (Fsp3) is 0.406. The third kappa shape index (κ3) is 6.33. The van der Waals surface area contributed by atoms with Gasteiger partial charge in [0.1, 0.15) is 10.6 Å². The van der Waals surface area contributed by atoms with E-state index in [1.54, 1.807) is 30.1 Å². The average molecular weight is 631 g/mol. The van der Waals surface area contributed by atoms with Crippen molar-refractivity contribution in [1.29, 1.82) is 0 Å². The summed E-state index contributed by atoms with van der Waals surface area (Å²) < 4.78 is 35.0. The molecule has 0 bridgehead atoms. The van der Waals surface area contributed by atoms with Crippen LogP contribution in [0, 0.1) is 0 Å². The molecule has 1 aliphatic carbocycles. The number of benzene rings is 3. The Kier molecular flexibility index (Phi) is 9.50. The van der Waals surface area contributed by atoms with Gasteiger partial charge in [-0.2, -0.15) is 4.31 Å². The number of fused-ring (bicyclic) bond motifs is 1. The van der Waals surface area contributed by atoms with Crippen LogP contribution in [-0.4, -0.2) is 68.8 Å². The minimum Gasteiger partial charge on any atom is -0.495 e. The van der Waals surface area contributed by atoms with Gasteiger partial charge < -0.3 is 9.64 Å². The molecular formula is C32H37Cl2N3O4S. The lowest BCUT2D eigenvalue weighted by atomic mass is 9.82. The molecular weight excluding hydrogens is 593 g/mol. The number of halogens is 2. The van der Waals surface area contributed by atoms with Crippen LogP contribution in [0.15, 0.2) is 65.6 Å². The molecule has 2 aliphatic rings. The molecule has 1 amide bonds. The summed E-state index contributed by atoms with van der Waals surface area (Å²) in [5.41, 5.74) is 3.53. The molecule has 5 rings (SSSR count). The number of ether oxygens (including phenoxy) is 1. The molecule has 1 saturated heterocycles. The van der Waals surface area contributed by atoms with E-state index in [1.165, 1.54) is 11.4 Å². The van der Waals surface area contributed by atoms with E-state index in [0.717, 1.165) is 61.0 Å². The first-order valence-corrected chi connectivity index (χ1v) is 16.4. The van der Waals surface area contributed by atoms with E-state index >= 15 is 0 Å². The van der Waals surface area contributed by atoms with Gasteiger partial charge in [0.2, 0.25) is 15.9 Å². The molecule has 0 N–H and O–H groups in total. The van der Waals surface area contributed by atoms with Crippen LogP contribution in [-0.2, 0) is 34.2 Å². The molecule has 0 unspecified atom stereocenters. The first-order valence-electron chi connectivity index (χ1n) is 14.2. The first kappa shape index (κ1) is 30.8. The van der Waals surface area contributed by atoms with Crippen molar-refractivity contribution in [3.63, 3.8) is 0 Å². The van der Waals surface area contributed by atoms with E-state index < -0.39 is 10.0 Å². The van der Waals surface area contributed by atoms with E-state index in [4.69, 9.17) is 27.9 Å². The summed E-state index contributed by atoms with van der Waals surface area (Å²) in [6.45, 7) is 2.16. The van der Waals surface area contributed by atoms with Crippen LogP contribution >= 0.6 is 23.2 Å². The number of hydrogen-bond acceptors (Lipinski definition) is 5. The molecule has 0 saturated carbocycles. The second-order valence-electron chi connectivity index (χ2n) is 11.2. The molecule has 42 heavy (non-hydrogen) atoms. The zero-order valence-corrected chi connectivity index (χ0v) is 26.6. The van der Waals surface area contributed by atoms with Gasteiger partial charge >= 0.3 is 0 Å². The highest BCUT2D eigenvalue weighted by atomic mass is 35.5. The van der Waals surface area contributed by atoms with Crippen molar-refractivity contribution in [1.82, 2.24) is 14.1 Å². The average Bonchev–Trinajstić information content (AvgIpc) is 3.53. The highest BCUT2D eigenvalue weighted by Gasteiger charge is 2.40. The number of sulfonamides is 1. The minimum atomic E-state index is -3.91. The number of hydrogen-bond donors (Lipinski definition) is 0. The normalized spacial score (nSPS) is 19.1. The Morgan fingerprint density at radius 3 is 2.36 bits per heavy atom. The summed E-state index contributed by atoms with van der Waals surface area (Å²) in [6, 6.07) is 18.1. The van der Waals surface area contributed by atoms with Gasteiger partial charge in [-0.3, -0.25) is 9.69 Å². The Morgan fingerprint density at radius 1 is 0.976 bits per heavy atom. The maximum absolute atomic E-state index is 14.0. The van der Waals surface area contributed by atoms with Gasteiger partial charge in [0.15, 0.2) is 0 Å². The zero-order chi connectivity index (χ0) is 30.0. The first-order chi connectivity index (χ1) is 20.1. The fourth-order valence-corrected chi connectivity index (χ4v) is 7.91. The smallest absolute Gasteiger partial charge is 0.246 e. The largest absolute Gasteiger partial charge is 0.495 e. The Labute approximate surface area is 259 Å². The third-order valence-electron chi connectivity index (χ3n) is 8.51. The second-order valence-corrected chi connectivity index (χ2v) is 14.0. The minimum absolute atomic E-state index is 0.0724. The molecule has 1 fully saturated rings. The summed E-state index contributed by atoms with van der Waals surface area (Å²) in [5.74, 6) is 0.244. The van der Waals surface area contributed by atoms with Gasteiger partial charge in [-0.25, -0.2) is 8.42 Å². The van der Waals surface area contributed by atoms with Crippen LogP contribution in [0.4, 0.5) is 0 Å². The van der Waals surface area contributed by atoms with Gasteiger partial charge in [0, 0.05) is 26.7 Å². The third-order valence-corrected chi connectivity index (χ3v) is 11.1. The van der Waals surface area contributed by atoms with Crippen LogP contribution in [0.3, 0.4) is 0 Å². The number of carbonyl (C=O) groups excluding carboxylic acids is 1. The van der Waals surface area contributed by atoms with Crippen molar-refractivity contribution in [2.75, 3.05) is 34.3 Å². The monoisotopic (exact) mass is 629 g/mol. The van der Waals surface area contributed by atoms with Crippen LogP contribution < -0.4 is 4.74 Å². The Balaban J connectivity index is 1.53. The molecule has 0 radical (unpaired) electrons. The number of amides is 1. The van der Waals surface area contributed by atoms with Gasteiger partial charge in [0.05, 0.1) is 29.6 Å². The number of rotatable bonds is 9. The van der Waals surface area contributed by atoms with Crippen LogP contribution in [0.25, 0.3) is 0 Å². The number of methoxy groups -OCH3 is 1. The van der Waals surface area contributed by atoms with Crippen molar-refractivity contribution < 1.29 is 17.9 Å². The summed E-state index contributed by atoms with van der Waals surface area (Å²) in [5, 5.41) is 0.848. The predicted octanol–water partition coefficient (Wildman–Crippen LogP) is 5.98. The lowest BCUT2D eigenvalue weighted by Gasteiger charge is -2.44. The van der Waals surface area contributed by atoms with Gasteiger partial charge in [-0.05, 0) is 85.3 Å². The van der Waals surface area contributed by atoms with Crippen molar-refractivity contribution in [2.24, 2.45) is 0 Å². The maximum atomic E-state index is 14.0. The van der Waals surface area contributed by atoms with Crippen molar-refractivity contribution in [3.05, 3.63) is 93.0 Å². The Morgan fingerprint density at radius 2 is 1.69 bits per heavy atom. The molecule has 1 aliphatic heterocycles. The Hall–Kier alpha value is -2.62. The summed E-state index contributed by atoms with van der Waals surface area (Å²) in [6.07, 6.45) is 4.03. The molecule has 2 atom stereocenters. The van der Waals surface area contributed by atoms with Crippen LogP contribution in [0.2, 0.25) is 10.0 Å². The lowest BCUT2D eigenvalue weighted by Crippen LogP contribution is -2.48. The van der Waals surface area contributed by atoms with Crippen LogP contribution in [0.1, 0.15) is 47.6 Å². The lowest BCUT2D eigenvalue weighted by molar-refractivity contribution is -0.133. The highest BCUT2D eigenvalue weighted by molar-refractivity contribution is 7.89. The van der Waals surface area contributed by atoms with E-state index in [0.29, 0.717) is 15.8 Å². The Bertz CT molecular complexity index is 1540. The SMILES string of the molecule is COc1cc2c(cc1S(=O)(=O)N(C)Cc1ccccc1)[C@@H](N(C)C(=O)Cc1ccc(Cl)c(Cl)c1)[C@H](N1CCCC1)CC2. The van der Waals surface area contributed by atoms with E-state index in [9.17, 15) is 13.2 Å². The number of likely N-dealkylation sites (tertiary alicyclic amines) is 1. The number of carbonyl (C=O) groups is 1. The predicted molar refractivity (Wildman–Crippen MR) is 167 cm³/mol. The number of likely N-dealkylation sites (N-methyl/N-ethyl adjacent to an activating group) is 1. The van der Waals surface area contributed by atoms with E-state index in [-0.39, 0.29) is 35.9 Å². The molecule has 0 aromatic heterocycles. The zero-order valence-electron chi connectivity index (χ0n) is 24.2. The van der Waals surface area contributed by atoms with Gasteiger partial charge in [0.25, 0.3) is 0 Å². The second kappa shape index (κ2) is 12.9. The maximum Gasteiger partial charge on any atom is 0.246 e. The summed E-state index contributed by atoms with van der Waals surface area (Å²) in [7, 11) is 0.990. The highest BCUT2D eigenvalue weighted by Crippen LogP contribution is 2.42. The molecule has 3 aromatic carbocycles. The molecule has 3 aromatic rings. The van der Waals surface area contributed by atoms with E-state index in [2.05, 4.69) is 4.90 Å². The topological polar surface area (TPSA) is 70.2 Å². The fourth-order valence-electron chi connectivity index (χ4n) is 6.26. The number of nitrogens with zero attached hydrogens (tertiary/aromatic N) is 3. The van der Waals surface area contributed by atoms with Crippen molar-refractivity contribution >= 4 is 39.1 Å². The number of aryl methyl sites for hydroxylation is 1. The van der Waals surface area contributed by atoms with Gasteiger partial charge in [-0.15, -0.1) is 0 Å².